The van der Waals surface area contributed by atoms with Crippen molar-refractivity contribution in [3.8, 4) is 0 Å². The lowest BCUT2D eigenvalue weighted by Gasteiger charge is -2.71. The molecule has 17 heteroatoms. The molecular formula is C47H80O17. The molecule has 3 saturated heterocycles. The van der Waals surface area contributed by atoms with Gasteiger partial charge in [0.1, 0.15) is 67.1 Å². The fraction of sp³-hybridized carbons (Fsp3) is 0.957. The van der Waals surface area contributed by atoms with E-state index in [0.717, 1.165) is 37.7 Å². The van der Waals surface area contributed by atoms with Gasteiger partial charge < -0.3 is 84.6 Å². The van der Waals surface area contributed by atoms with Crippen molar-refractivity contribution in [1.29, 1.82) is 0 Å². The largest absolute Gasteiger partial charge is 0.394 e. The summed E-state index contributed by atoms with van der Waals surface area (Å²) in [4.78, 5) is 0. The number of allylic oxidation sites excluding steroid dienone is 2. The molecule has 24 atom stereocenters. The molecule has 7 aliphatic rings. The highest BCUT2D eigenvalue weighted by Crippen LogP contribution is 2.76. The van der Waals surface area contributed by atoms with Crippen LogP contribution in [0.25, 0.3) is 0 Å². The van der Waals surface area contributed by atoms with E-state index < -0.39 is 116 Å². The van der Waals surface area contributed by atoms with Crippen LogP contribution in [0.4, 0.5) is 0 Å². The summed E-state index contributed by atoms with van der Waals surface area (Å²) in [6.07, 6.45) is -12.4. The van der Waals surface area contributed by atoms with Crippen LogP contribution in [-0.2, 0) is 28.4 Å². The highest BCUT2D eigenvalue weighted by Gasteiger charge is 2.72. The predicted octanol–water partition coefficient (Wildman–Crippen LogP) is 0.612. The summed E-state index contributed by atoms with van der Waals surface area (Å²) in [5.74, 6) is -0.0478. The van der Waals surface area contributed by atoms with Crippen molar-refractivity contribution in [2.45, 2.75) is 217 Å². The molecule has 0 radical (unpaired) electrons. The first-order chi connectivity index (χ1) is 29.9. The highest BCUT2D eigenvalue weighted by atomic mass is 16.7. The minimum absolute atomic E-state index is 0.149. The molecule has 0 spiro atoms. The van der Waals surface area contributed by atoms with Gasteiger partial charge in [0, 0.05) is 0 Å². The van der Waals surface area contributed by atoms with E-state index in [1.165, 1.54) is 0 Å². The smallest absolute Gasteiger partial charge is 0.187 e. The maximum absolute atomic E-state index is 12.7. The summed E-state index contributed by atoms with van der Waals surface area (Å²) in [5.41, 5.74) is -0.948. The maximum Gasteiger partial charge on any atom is 0.187 e. The lowest BCUT2D eigenvalue weighted by molar-refractivity contribution is -0.346. The average Bonchev–Trinajstić information content (AvgIpc) is 3.62. The summed E-state index contributed by atoms with van der Waals surface area (Å²) >= 11 is 0. The van der Waals surface area contributed by atoms with Crippen LogP contribution < -0.4 is 0 Å². The standard InChI is InChI=1S/C47H80O17/c1-22(2)10-9-14-47(8,64-42-39(58)36(55)34(53)27(62-42)21-60-40-37(56)32(51)25(50)20-59-40)23-11-16-46(7)31(23)24(49)18-29-44(5)15-13-30(43(3,4)28(44)12-17-45(29,46)6)63-41-38(57)35(54)33(52)26(19-48)61-41/h10,23-42,48-58H,9,11-21H2,1-8H3/t23-,24+,25-,26+,27+,28-,29+,30-,31-,32-,33+,34+,35-,36-,37+,38+,39+,40-,41-,42-,44-,45+,46+,47-/m0/s1. The van der Waals surface area contributed by atoms with E-state index in [4.69, 9.17) is 28.4 Å². The molecule has 7 fully saturated rings. The van der Waals surface area contributed by atoms with Gasteiger partial charge in [-0.25, -0.2) is 0 Å². The summed E-state index contributed by atoms with van der Waals surface area (Å²) in [6, 6.07) is 0. The van der Waals surface area contributed by atoms with E-state index in [1.807, 2.05) is 20.8 Å². The molecule has 4 saturated carbocycles. The fourth-order valence-corrected chi connectivity index (χ4v) is 14.5. The van der Waals surface area contributed by atoms with Gasteiger partial charge in [0.25, 0.3) is 0 Å². The number of fused-ring (bicyclic) bond motifs is 5. The number of aliphatic hydroxyl groups is 11. The lowest BCUT2D eigenvalue weighted by Crippen LogP contribution is -2.67. The number of hydrogen-bond donors (Lipinski definition) is 11. The Morgan fingerprint density at radius 1 is 0.672 bits per heavy atom. The zero-order chi connectivity index (χ0) is 47.1. The average molecular weight is 917 g/mol. The molecular weight excluding hydrogens is 836 g/mol. The third-order valence-corrected chi connectivity index (χ3v) is 18.4. The van der Waals surface area contributed by atoms with E-state index in [2.05, 4.69) is 40.7 Å². The van der Waals surface area contributed by atoms with Gasteiger partial charge in [0.05, 0.1) is 37.6 Å². The van der Waals surface area contributed by atoms with Gasteiger partial charge in [-0.05, 0) is 124 Å². The van der Waals surface area contributed by atoms with E-state index in [0.29, 0.717) is 25.7 Å². The molecule has 370 valence electrons. The molecule has 64 heavy (non-hydrogen) atoms. The van der Waals surface area contributed by atoms with E-state index in [-0.39, 0.29) is 52.6 Å². The van der Waals surface area contributed by atoms with Gasteiger partial charge in [-0.3, -0.25) is 0 Å². The molecule has 7 rings (SSSR count). The Labute approximate surface area is 377 Å². The fourth-order valence-electron chi connectivity index (χ4n) is 14.5. The van der Waals surface area contributed by atoms with Gasteiger partial charge in [-0.2, -0.15) is 0 Å². The van der Waals surface area contributed by atoms with Crippen LogP contribution in [0.15, 0.2) is 11.6 Å². The molecule has 0 unspecified atom stereocenters. The Morgan fingerprint density at radius 2 is 1.28 bits per heavy atom. The predicted molar refractivity (Wildman–Crippen MR) is 228 cm³/mol. The zero-order valence-electron chi connectivity index (χ0n) is 39.0. The topological polar surface area (TPSA) is 278 Å². The molecule has 0 aromatic rings. The van der Waals surface area contributed by atoms with Crippen LogP contribution >= 0.6 is 0 Å². The second kappa shape index (κ2) is 18.8. The van der Waals surface area contributed by atoms with Crippen LogP contribution in [0.5, 0.6) is 0 Å². The summed E-state index contributed by atoms with van der Waals surface area (Å²) in [7, 11) is 0. The molecule has 3 aliphatic heterocycles. The summed E-state index contributed by atoms with van der Waals surface area (Å²) in [6.45, 7) is 16.3. The van der Waals surface area contributed by atoms with Crippen LogP contribution in [0, 0.1) is 45.3 Å². The molecule has 0 amide bonds. The minimum atomic E-state index is -1.68. The van der Waals surface area contributed by atoms with E-state index in [9.17, 15) is 56.2 Å². The summed E-state index contributed by atoms with van der Waals surface area (Å²) in [5, 5.41) is 118. The Balaban J connectivity index is 1.11. The van der Waals surface area contributed by atoms with Crippen LogP contribution in [0.2, 0.25) is 0 Å². The molecule has 17 nitrogen and oxygen atoms in total. The van der Waals surface area contributed by atoms with E-state index in [1.54, 1.807) is 0 Å². The molecule has 0 bridgehead atoms. The van der Waals surface area contributed by atoms with Crippen molar-refractivity contribution >= 4 is 0 Å². The molecule has 3 heterocycles. The Bertz CT molecular complexity index is 1630. The summed E-state index contributed by atoms with van der Waals surface area (Å²) < 4.78 is 36.5. The van der Waals surface area contributed by atoms with Crippen LogP contribution in [-0.4, -0.2) is 180 Å². The van der Waals surface area contributed by atoms with Crippen LogP contribution in [0.1, 0.15) is 113 Å². The first kappa shape index (κ1) is 50.9. The van der Waals surface area contributed by atoms with Crippen molar-refractivity contribution in [3.63, 3.8) is 0 Å². The van der Waals surface area contributed by atoms with Gasteiger partial charge in [-0.15, -0.1) is 0 Å². The first-order valence-electron chi connectivity index (χ1n) is 23.8. The second-order valence-electron chi connectivity index (χ2n) is 22.5. The zero-order valence-corrected chi connectivity index (χ0v) is 39.0. The quantitative estimate of drug-likeness (QED) is 0.0946. The van der Waals surface area contributed by atoms with Crippen molar-refractivity contribution < 1.29 is 84.6 Å². The SMILES string of the molecule is CC(C)=CCC[C@](C)(O[C@@H]1O[C@H](CO[C@@H]2OC[C@H](O)[C@H](O)[C@H]2O)[C@@H](O)[C@H](O)[C@H]1O)[C@H]1CC[C@]2(C)[C@@H]1[C@H](O)C[C@@H]1[C@@]3(C)CC[C@H](O[C@@H]4O[C@H](CO)[C@@H](O)[C@H](O)[C@H]4O)C(C)(C)[C@@H]3CC[C@]12C. The maximum atomic E-state index is 12.7. The molecule has 0 aromatic heterocycles. The van der Waals surface area contributed by atoms with Crippen LogP contribution in [0.3, 0.4) is 0 Å². The molecule has 0 aromatic carbocycles. The normalized spacial score (nSPS) is 52.5. The van der Waals surface area contributed by atoms with Gasteiger partial charge >= 0.3 is 0 Å². The molecule has 4 aliphatic carbocycles. The van der Waals surface area contributed by atoms with Crippen molar-refractivity contribution in [3.05, 3.63) is 11.6 Å². The Kier molecular flexibility index (Phi) is 14.9. The Morgan fingerprint density at radius 3 is 1.94 bits per heavy atom. The number of rotatable bonds is 12. The number of aliphatic hydroxyl groups excluding tert-OH is 11. The Hall–Kier alpha value is -0.940. The second-order valence-corrected chi connectivity index (χ2v) is 22.5. The highest BCUT2D eigenvalue weighted by molar-refractivity contribution is 5.20. The first-order valence-corrected chi connectivity index (χ1v) is 23.8. The van der Waals surface area contributed by atoms with Gasteiger partial charge in [-0.1, -0.05) is 46.3 Å². The number of hydrogen-bond acceptors (Lipinski definition) is 17. The third-order valence-electron chi connectivity index (χ3n) is 18.4. The van der Waals surface area contributed by atoms with E-state index >= 15 is 0 Å². The monoisotopic (exact) mass is 917 g/mol. The van der Waals surface area contributed by atoms with Gasteiger partial charge in [0.2, 0.25) is 0 Å². The number of ether oxygens (including phenoxy) is 6. The van der Waals surface area contributed by atoms with Gasteiger partial charge in [0.15, 0.2) is 18.9 Å². The van der Waals surface area contributed by atoms with Crippen molar-refractivity contribution in [2.75, 3.05) is 19.8 Å². The van der Waals surface area contributed by atoms with Crippen molar-refractivity contribution in [2.24, 2.45) is 45.3 Å². The lowest BCUT2D eigenvalue weighted by atomic mass is 9.35. The minimum Gasteiger partial charge on any atom is -0.394 e. The molecule has 11 N–H and O–H groups in total. The van der Waals surface area contributed by atoms with Crippen molar-refractivity contribution in [1.82, 2.24) is 0 Å². The third kappa shape index (κ3) is 8.60.